The number of esters is 1. The van der Waals surface area contributed by atoms with Crippen molar-refractivity contribution in [3.63, 3.8) is 0 Å². The zero-order valence-electron chi connectivity index (χ0n) is 10.8. The summed E-state index contributed by atoms with van der Waals surface area (Å²) in [5, 5.41) is 7.38. The number of aryl methyl sites for hydroxylation is 2. The van der Waals surface area contributed by atoms with Gasteiger partial charge in [0.25, 0.3) is 0 Å². The number of nitrogens with zero attached hydrogens (tertiary/aromatic N) is 2. The number of hydrogen-bond acceptors (Lipinski definition) is 4. The third kappa shape index (κ3) is 4.19. The lowest BCUT2D eigenvalue weighted by atomic mass is 10.2. The van der Waals surface area contributed by atoms with Crippen LogP contribution in [0.1, 0.15) is 25.5 Å². The molecule has 0 saturated heterocycles. The van der Waals surface area contributed by atoms with Gasteiger partial charge in [-0.05, 0) is 32.4 Å². The molecular formula is C12H21N3O2. The average Bonchev–Trinajstić information content (AvgIpc) is 2.74. The van der Waals surface area contributed by atoms with Crippen LogP contribution in [0, 0.1) is 6.92 Å². The van der Waals surface area contributed by atoms with E-state index in [1.807, 2.05) is 17.7 Å². The first-order valence-electron chi connectivity index (χ1n) is 5.98. The summed E-state index contributed by atoms with van der Waals surface area (Å²) in [6.07, 6.45) is 3.45. The molecule has 1 N–H and O–H groups in total. The molecular weight excluding hydrogens is 218 g/mol. The second kappa shape index (κ2) is 7.06. The molecule has 1 aromatic heterocycles. The van der Waals surface area contributed by atoms with Gasteiger partial charge in [0.2, 0.25) is 0 Å². The highest BCUT2D eigenvalue weighted by Gasteiger charge is 2.18. The van der Waals surface area contributed by atoms with Crippen LogP contribution in [-0.4, -0.2) is 35.4 Å². The first kappa shape index (κ1) is 13.7. The molecule has 0 amide bonds. The van der Waals surface area contributed by atoms with Gasteiger partial charge in [-0.25, -0.2) is 0 Å². The molecule has 17 heavy (non-hydrogen) atoms. The van der Waals surface area contributed by atoms with Crippen LogP contribution >= 0.6 is 0 Å². The molecule has 0 aliphatic rings. The zero-order valence-corrected chi connectivity index (χ0v) is 10.8. The Morgan fingerprint density at radius 2 is 2.41 bits per heavy atom. The lowest BCUT2D eigenvalue weighted by Gasteiger charge is -2.16. The van der Waals surface area contributed by atoms with Crippen molar-refractivity contribution in [1.29, 1.82) is 0 Å². The molecule has 0 aliphatic heterocycles. The highest BCUT2D eigenvalue weighted by Crippen LogP contribution is 2.02. The van der Waals surface area contributed by atoms with Crippen molar-refractivity contribution in [2.75, 3.05) is 13.7 Å². The molecule has 5 heteroatoms. The van der Waals surface area contributed by atoms with Gasteiger partial charge in [0.05, 0.1) is 7.11 Å². The van der Waals surface area contributed by atoms with Gasteiger partial charge in [0.1, 0.15) is 6.04 Å². The van der Waals surface area contributed by atoms with Crippen molar-refractivity contribution in [2.45, 2.75) is 39.3 Å². The van der Waals surface area contributed by atoms with Gasteiger partial charge in [-0.2, -0.15) is 5.10 Å². The minimum absolute atomic E-state index is 0.205. The standard InChI is InChI=1S/C12H21N3O2/c1-4-7-13-11(12(16)17-3)6-9-15-10(2)5-8-14-15/h5,8,11,13H,4,6-7,9H2,1-3H3. The third-order valence-electron chi connectivity index (χ3n) is 2.68. The average molecular weight is 239 g/mol. The molecule has 0 saturated carbocycles. The van der Waals surface area contributed by atoms with Gasteiger partial charge in [-0.1, -0.05) is 6.92 Å². The lowest BCUT2D eigenvalue weighted by Crippen LogP contribution is -2.39. The van der Waals surface area contributed by atoms with Crippen LogP contribution in [-0.2, 0) is 16.1 Å². The van der Waals surface area contributed by atoms with Crippen molar-refractivity contribution in [3.8, 4) is 0 Å². The van der Waals surface area contributed by atoms with E-state index in [1.54, 1.807) is 6.20 Å². The number of nitrogens with one attached hydrogen (secondary N) is 1. The number of hydrogen-bond donors (Lipinski definition) is 1. The predicted molar refractivity (Wildman–Crippen MR) is 65.7 cm³/mol. The topological polar surface area (TPSA) is 56.2 Å². The molecule has 0 spiro atoms. The summed E-state index contributed by atoms with van der Waals surface area (Å²) in [4.78, 5) is 11.5. The van der Waals surface area contributed by atoms with Crippen LogP contribution < -0.4 is 5.32 Å². The molecule has 1 unspecified atom stereocenters. The van der Waals surface area contributed by atoms with Crippen LogP contribution in [0.25, 0.3) is 0 Å². The van der Waals surface area contributed by atoms with E-state index in [0.29, 0.717) is 6.42 Å². The van der Waals surface area contributed by atoms with E-state index in [9.17, 15) is 4.79 Å². The third-order valence-corrected chi connectivity index (χ3v) is 2.68. The van der Waals surface area contributed by atoms with Crippen molar-refractivity contribution in [1.82, 2.24) is 15.1 Å². The fourth-order valence-corrected chi connectivity index (χ4v) is 1.65. The van der Waals surface area contributed by atoms with Gasteiger partial charge >= 0.3 is 5.97 Å². The summed E-state index contributed by atoms with van der Waals surface area (Å²) in [5.41, 5.74) is 1.10. The minimum atomic E-state index is -0.247. The highest BCUT2D eigenvalue weighted by molar-refractivity contribution is 5.75. The Kier molecular flexibility index (Phi) is 5.69. The van der Waals surface area contributed by atoms with Crippen LogP contribution in [0.15, 0.2) is 12.3 Å². The first-order valence-corrected chi connectivity index (χ1v) is 5.98. The maximum atomic E-state index is 11.5. The Hall–Kier alpha value is -1.36. The fraction of sp³-hybridized carbons (Fsp3) is 0.667. The van der Waals surface area contributed by atoms with Crippen molar-refractivity contribution in [2.24, 2.45) is 0 Å². The van der Waals surface area contributed by atoms with E-state index < -0.39 is 0 Å². The van der Waals surface area contributed by atoms with E-state index >= 15 is 0 Å². The minimum Gasteiger partial charge on any atom is -0.468 e. The molecule has 0 bridgehead atoms. The molecule has 1 rings (SSSR count). The van der Waals surface area contributed by atoms with E-state index in [-0.39, 0.29) is 12.0 Å². The fourth-order valence-electron chi connectivity index (χ4n) is 1.65. The van der Waals surface area contributed by atoms with Crippen molar-refractivity contribution in [3.05, 3.63) is 18.0 Å². The molecule has 5 nitrogen and oxygen atoms in total. The van der Waals surface area contributed by atoms with Crippen molar-refractivity contribution < 1.29 is 9.53 Å². The van der Waals surface area contributed by atoms with E-state index in [0.717, 1.165) is 25.2 Å². The second-order valence-electron chi connectivity index (χ2n) is 4.01. The predicted octanol–water partition coefficient (Wildman–Crippen LogP) is 1.12. The molecule has 1 atom stereocenters. The normalized spacial score (nSPS) is 12.4. The smallest absolute Gasteiger partial charge is 0.322 e. The largest absolute Gasteiger partial charge is 0.468 e. The highest BCUT2D eigenvalue weighted by atomic mass is 16.5. The molecule has 0 radical (unpaired) electrons. The number of rotatable bonds is 7. The quantitative estimate of drug-likeness (QED) is 0.724. The molecule has 96 valence electrons. The maximum absolute atomic E-state index is 11.5. The van der Waals surface area contributed by atoms with E-state index in [1.165, 1.54) is 7.11 Å². The van der Waals surface area contributed by atoms with E-state index in [2.05, 4.69) is 17.3 Å². The second-order valence-corrected chi connectivity index (χ2v) is 4.01. The Balaban J connectivity index is 2.48. The molecule has 0 aromatic carbocycles. The number of carbonyl (C=O) groups excluding carboxylic acids is 1. The van der Waals surface area contributed by atoms with Gasteiger partial charge in [-0.15, -0.1) is 0 Å². The molecule has 0 fully saturated rings. The van der Waals surface area contributed by atoms with Gasteiger partial charge < -0.3 is 10.1 Å². The summed E-state index contributed by atoms with van der Waals surface area (Å²) in [5.74, 6) is -0.205. The Morgan fingerprint density at radius 3 is 2.94 bits per heavy atom. The monoisotopic (exact) mass is 239 g/mol. The maximum Gasteiger partial charge on any atom is 0.322 e. The van der Waals surface area contributed by atoms with Gasteiger partial charge in [0.15, 0.2) is 0 Å². The summed E-state index contributed by atoms with van der Waals surface area (Å²) in [6.45, 7) is 5.60. The van der Waals surface area contributed by atoms with Crippen LogP contribution in [0.2, 0.25) is 0 Å². The number of ether oxygens (including phenoxy) is 1. The zero-order chi connectivity index (χ0) is 12.7. The summed E-state index contributed by atoms with van der Waals surface area (Å²) in [7, 11) is 1.42. The van der Waals surface area contributed by atoms with Crippen molar-refractivity contribution >= 4 is 5.97 Å². The number of methoxy groups -OCH3 is 1. The summed E-state index contributed by atoms with van der Waals surface area (Å²) in [6, 6.07) is 1.70. The SMILES string of the molecule is CCCNC(CCn1nccc1C)C(=O)OC. The first-order chi connectivity index (χ1) is 8.19. The summed E-state index contributed by atoms with van der Waals surface area (Å²) < 4.78 is 6.67. The van der Waals surface area contributed by atoms with Gasteiger partial charge in [-0.3, -0.25) is 9.48 Å². The molecule has 1 aromatic rings. The Bertz CT molecular complexity index is 349. The van der Waals surface area contributed by atoms with Crippen LogP contribution in [0.5, 0.6) is 0 Å². The molecule has 1 heterocycles. The lowest BCUT2D eigenvalue weighted by molar-refractivity contribution is -0.143. The molecule has 0 aliphatic carbocycles. The van der Waals surface area contributed by atoms with Crippen LogP contribution in [0.4, 0.5) is 0 Å². The summed E-state index contributed by atoms with van der Waals surface area (Å²) >= 11 is 0. The number of aromatic nitrogens is 2. The Labute approximate surface area is 102 Å². The Morgan fingerprint density at radius 1 is 1.65 bits per heavy atom. The van der Waals surface area contributed by atoms with Gasteiger partial charge in [0, 0.05) is 18.4 Å². The van der Waals surface area contributed by atoms with E-state index in [4.69, 9.17) is 4.74 Å². The van der Waals surface area contributed by atoms with Crippen LogP contribution in [0.3, 0.4) is 0 Å². The number of carbonyl (C=O) groups is 1.